The maximum Gasteiger partial charge on any atom is 0.387 e. The van der Waals surface area contributed by atoms with Crippen molar-refractivity contribution in [2.24, 2.45) is 0 Å². The van der Waals surface area contributed by atoms with E-state index in [9.17, 15) is 18.4 Å². The lowest BCUT2D eigenvalue weighted by atomic mass is 10.2. The number of thiazole rings is 1. The Morgan fingerprint density at radius 2 is 1.88 bits per heavy atom. The van der Waals surface area contributed by atoms with E-state index in [2.05, 4.69) is 20.4 Å². The van der Waals surface area contributed by atoms with Gasteiger partial charge in [0.15, 0.2) is 5.01 Å². The van der Waals surface area contributed by atoms with Gasteiger partial charge in [0.1, 0.15) is 5.75 Å². The van der Waals surface area contributed by atoms with E-state index in [1.807, 2.05) is 0 Å². The summed E-state index contributed by atoms with van der Waals surface area (Å²) in [6.07, 6.45) is 0.515. The fraction of sp³-hybridized carbons (Fsp3) is 0.190. The van der Waals surface area contributed by atoms with Crippen LogP contribution < -0.4 is 21.1 Å². The smallest absolute Gasteiger partial charge is 0.387 e. The van der Waals surface area contributed by atoms with E-state index in [4.69, 9.17) is 5.73 Å². The van der Waals surface area contributed by atoms with E-state index in [1.165, 1.54) is 35.6 Å². The van der Waals surface area contributed by atoms with Gasteiger partial charge in [-0.1, -0.05) is 12.1 Å². The minimum Gasteiger partial charge on any atom is -0.435 e. The number of carbonyl (C=O) groups is 2. The summed E-state index contributed by atoms with van der Waals surface area (Å²) in [7, 11) is 0. The zero-order valence-corrected chi connectivity index (χ0v) is 17.5. The number of alkyl halides is 2. The highest BCUT2D eigenvalue weighted by atomic mass is 32.1. The third-order valence-electron chi connectivity index (χ3n) is 4.75. The van der Waals surface area contributed by atoms with Crippen molar-refractivity contribution in [3.8, 4) is 5.75 Å². The van der Waals surface area contributed by atoms with Crippen LogP contribution in [0.2, 0.25) is 0 Å². The number of fused-ring (bicyclic) bond motifs is 1. The number of nitrogen functional groups attached to an aromatic ring is 1. The summed E-state index contributed by atoms with van der Waals surface area (Å²) in [6.45, 7) is -2.16. The van der Waals surface area contributed by atoms with Gasteiger partial charge in [0.25, 0.3) is 5.91 Å². The van der Waals surface area contributed by atoms with Gasteiger partial charge in [0.2, 0.25) is 0 Å². The van der Waals surface area contributed by atoms with Crippen LogP contribution in [0.15, 0.2) is 48.5 Å². The maximum absolute atomic E-state index is 12.6. The van der Waals surface area contributed by atoms with Crippen LogP contribution in [0, 0.1) is 0 Å². The summed E-state index contributed by atoms with van der Waals surface area (Å²) in [5.41, 5.74) is 8.08. The molecule has 0 fully saturated rings. The van der Waals surface area contributed by atoms with E-state index in [1.54, 1.807) is 29.2 Å². The summed E-state index contributed by atoms with van der Waals surface area (Å²) in [5.74, 6) is -0.349. The van der Waals surface area contributed by atoms with Crippen LogP contribution >= 0.6 is 11.3 Å². The van der Waals surface area contributed by atoms with Crippen molar-refractivity contribution in [1.82, 2.24) is 9.88 Å². The Morgan fingerprint density at radius 3 is 2.59 bits per heavy atom. The molecule has 4 rings (SSSR count). The molecule has 1 aliphatic rings. The Balaban J connectivity index is 1.38. The van der Waals surface area contributed by atoms with Crippen LogP contribution in [0.4, 0.5) is 30.6 Å². The molecule has 0 atom stereocenters. The lowest BCUT2D eigenvalue weighted by Crippen LogP contribution is -2.38. The predicted octanol–water partition coefficient (Wildman–Crippen LogP) is 4.17. The van der Waals surface area contributed by atoms with Crippen molar-refractivity contribution in [2.45, 2.75) is 19.6 Å². The Kier molecular flexibility index (Phi) is 6.17. The first kappa shape index (κ1) is 21.5. The van der Waals surface area contributed by atoms with E-state index in [0.717, 1.165) is 10.6 Å². The third-order valence-corrected chi connectivity index (χ3v) is 5.83. The normalized spacial score (nSPS) is 12.9. The quantitative estimate of drug-likeness (QED) is 0.496. The Morgan fingerprint density at radius 1 is 1.12 bits per heavy atom. The molecule has 32 heavy (non-hydrogen) atoms. The molecule has 3 aromatic rings. The lowest BCUT2D eigenvalue weighted by Gasteiger charge is -2.26. The van der Waals surface area contributed by atoms with Crippen molar-refractivity contribution >= 4 is 40.3 Å². The van der Waals surface area contributed by atoms with Gasteiger partial charge >= 0.3 is 12.6 Å². The molecule has 0 radical (unpaired) electrons. The van der Waals surface area contributed by atoms with E-state index < -0.39 is 6.61 Å². The number of benzene rings is 2. The molecule has 0 saturated carbocycles. The van der Waals surface area contributed by atoms with Gasteiger partial charge in [-0.3, -0.25) is 4.79 Å². The van der Waals surface area contributed by atoms with Gasteiger partial charge in [-0.2, -0.15) is 8.78 Å². The fourth-order valence-corrected chi connectivity index (χ4v) is 4.19. The lowest BCUT2D eigenvalue weighted by molar-refractivity contribution is -0.0498. The number of nitrogens with zero attached hydrogens (tertiary/aromatic N) is 2. The molecule has 4 N–H and O–H groups in total. The minimum absolute atomic E-state index is 0.00772. The predicted molar refractivity (Wildman–Crippen MR) is 117 cm³/mol. The molecule has 0 saturated heterocycles. The highest BCUT2D eigenvalue weighted by Crippen LogP contribution is 2.27. The molecular formula is C21H19F2N5O3S. The number of amides is 3. The average molecular weight is 459 g/mol. The largest absolute Gasteiger partial charge is 0.435 e. The van der Waals surface area contributed by atoms with Crippen molar-refractivity contribution < 1.29 is 23.1 Å². The van der Waals surface area contributed by atoms with Crippen LogP contribution in [-0.2, 0) is 13.0 Å². The molecule has 1 aliphatic heterocycles. The SMILES string of the molecule is Nc1ccccc1NC(=O)c1nc2c(s1)CN(C(=O)Nc1ccc(OC(F)F)cc1)CC2. The molecule has 0 aliphatic carbocycles. The second-order valence-corrected chi connectivity index (χ2v) is 8.02. The van der Waals surface area contributed by atoms with E-state index in [-0.39, 0.29) is 17.7 Å². The molecule has 8 nitrogen and oxygen atoms in total. The number of hydrogen-bond acceptors (Lipinski definition) is 6. The van der Waals surface area contributed by atoms with Crippen LogP contribution in [0.3, 0.4) is 0 Å². The van der Waals surface area contributed by atoms with Crippen molar-refractivity contribution in [2.75, 3.05) is 22.9 Å². The second-order valence-electron chi connectivity index (χ2n) is 6.93. The topological polar surface area (TPSA) is 110 Å². The number of urea groups is 1. The molecule has 0 bridgehead atoms. The van der Waals surface area contributed by atoms with E-state index in [0.29, 0.717) is 41.6 Å². The van der Waals surface area contributed by atoms with Gasteiger partial charge in [0, 0.05) is 23.5 Å². The molecule has 166 valence electrons. The zero-order valence-electron chi connectivity index (χ0n) is 16.7. The summed E-state index contributed by atoms with van der Waals surface area (Å²) >= 11 is 1.23. The highest BCUT2D eigenvalue weighted by Gasteiger charge is 2.26. The standard InChI is InChI=1S/C21H19F2N5O3S/c22-20(23)31-13-7-5-12(6-8-13)25-21(30)28-10-9-16-17(11-28)32-19(27-16)18(29)26-15-4-2-1-3-14(15)24/h1-8,20H,9-11,24H2,(H,25,30)(H,26,29). The summed E-state index contributed by atoms with van der Waals surface area (Å²) < 4.78 is 28.8. The number of nitrogens with one attached hydrogen (secondary N) is 2. The van der Waals surface area contributed by atoms with Gasteiger partial charge in [-0.25, -0.2) is 9.78 Å². The Labute approximate surface area is 186 Å². The van der Waals surface area contributed by atoms with Crippen LogP contribution in [0.1, 0.15) is 20.4 Å². The Bertz CT molecular complexity index is 1140. The minimum atomic E-state index is -2.91. The van der Waals surface area contributed by atoms with Crippen molar-refractivity contribution in [1.29, 1.82) is 0 Å². The average Bonchev–Trinajstić information content (AvgIpc) is 3.20. The molecule has 2 aromatic carbocycles. The summed E-state index contributed by atoms with van der Waals surface area (Å²) in [6, 6.07) is 12.3. The van der Waals surface area contributed by atoms with Crippen molar-refractivity contribution in [3.05, 3.63) is 64.1 Å². The summed E-state index contributed by atoms with van der Waals surface area (Å²) in [5, 5.41) is 5.78. The van der Waals surface area contributed by atoms with Crippen LogP contribution in [-0.4, -0.2) is 35.0 Å². The third kappa shape index (κ3) is 4.94. The van der Waals surface area contributed by atoms with Crippen LogP contribution in [0.25, 0.3) is 0 Å². The number of halogens is 2. The molecular weight excluding hydrogens is 440 g/mol. The number of hydrogen-bond donors (Lipinski definition) is 3. The molecule has 3 amide bonds. The first-order valence-electron chi connectivity index (χ1n) is 9.64. The van der Waals surface area contributed by atoms with Crippen LogP contribution in [0.5, 0.6) is 5.75 Å². The number of anilines is 3. The maximum atomic E-state index is 12.6. The monoisotopic (exact) mass is 459 g/mol. The highest BCUT2D eigenvalue weighted by molar-refractivity contribution is 7.13. The first-order valence-corrected chi connectivity index (χ1v) is 10.5. The van der Waals surface area contributed by atoms with E-state index >= 15 is 0 Å². The number of para-hydroxylation sites is 2. The van der Waals surface area contributed by atoms with Gasteiger partial charge in [-0.15, -0.1) is 11.3 Å². The number of aromatic nitrogens is 1. The van der Waals surface area contributed by atoms with Crippen molar-refractivity contribution in [3.63, 3.8) is 0 Å². The zero-order chi connectivity index (χ0) is 22.7. The molecule has 2 heterocycles. The molecule has 0 spiro atoms. The van der Waals surface area contributed by atoms with Gasteiger partial charge in [-0.05, 0) is 36.4 Å². The number of carbonyl (C=O) groups excluding carboxylic acids is 2. The summed E-state index contributed by atoms with van der Waals surface area (Å²) in [4.78, 5) is 32.0. The number of rotatable bonds is 5. The van der Waals surface area contributed by atoms with Gasteiger partial charge in [0.05, 0.1) is 23.6 Å². The Hall–Kier alpha value is -3.73. The number of nitrogens with two attached hydrogens (primary N) is 1. The fourth-order valence-electron chi connectivity index (χ4n) is 3.17. The van der Waals surface area contributed by atoms with Gasteiger partial charge < -0.3 is 26.0 Å². The number of ether oxygens (including phenoxy) is 1. The molecule has 11 heteroatoms. The first-order chi connectivity index (χ1) is 15.4. The second kappa shape index (κ2) is 9.18. The molecule has 1 aromatic heterocycles. The molecule has 0 unspecified atom stereocenters.